The Kier molecular flexibility index (Phi) is 8.00. The molecule has 156 valence electrons. The summed E-state index contributed by atoms with van der Waals surface area (Å²) in [5, 5.41) is 5.56. The van der Waals surface area contributed by atoms with Crippen LogP contribution in [0.1, 0.15) is 61.9 Å². The highest BCUT2D eigenvalue weighted by atomic mass is 32.2. The third kappa shape index (κ3) is 5.54. The lowest BCUT2D eigenvalue weighted by molar-refractivity contribution is -0.121. The normalized spacial score (nSPS) is 15.4. The molecule has 2 N–H and O–H groups in total. The van der Waals surface area contributed by atoms with Gasteiger partial charge in [0.1, 0.15) is 0 Å². The quantitative estimate of drug-likeness (QED) is 0.688. The second kappa shape index (κ2) is 10.0. The van der Waals surface area contributed by atoms with E-state index in [0.29, 0.717) is 18.7 Å². The van der Waals surface area contributed by atoms with Crippen molar-refractivity contribution in [3.63, 3.8) is 0 Å². The fourth-order valence-corrected chi connectivity index (χ4v) is 4.98. The predicted octanol–water partition coefficient (Wildman–Crippen LogP) is 2.20. The molecule has 8 heteroatoms. The molecule has 1 saturated carbocycles. The molecule has 2 amide bonds. The number of carbonyl (C=O) groups is 2. The average Bonchev–Trinajstić information content (AvgIpc) is 2.68. The summed E-state index contributed by atoms with van der Waals surface area (Å²) in [6.07, 6.45) is 5.39. The van der Waals surface area contributed by atoms with E-state index in [1.807, 2.05) is 0 Å². The minimum atomic E-state index is -3.65. The van der Waals surface area contributed by atoms with Crippen LogP contribution in [0.25, 0.3) is 0 Å². The van der Waals surface area contributed by atoms with Gasteiger partial charge in [-0.3, -0.25) is 9.59 Å². The molecular weight excluding hydrogens is 378 g/mol. The first-order chi connectivity index (χ1) is 13.3. The topological polar surface area (TPSA) is 95.6 Å². The maximum atomic E-state index is 12.7. The van der Waals surface area contributed by atoms with Crippen molar-refractivity contribution in [3.8, 4) is 0 Å². The summed E-state index contributed by atoms with van der Waals surface area (Å²) in [6, 6.07) is 4.70. The van der Waals surface area contributed by atoms with E-state index in [1.165, 1.54) is 22.9 Å². The number of aryl methyl sites for hydroxylation is 1. The van der Waals surface area contributed by atoms with E-state index in [1.54, 1.807) is 26.8 Å². The van der Waals surface area contributed by atoms with E-state index in [-0.39, 0.29) is 29.0 Å². The van der Waals surface area contributed by atoms with Crippen LogP contribution < -0.4 is 10.6 Å². The van der Waals surface area contributed by atoms with Crippen molar-refractivity contribution in [2.75, 3.05) is 19.6 Å². The average molecular weight is 410 g/mol. The zero-order valence-electron chi connectivity index (χ0n) is 17.0. The Hall–Kier alpha value is -1.93. The molecular formula is C20H31N3O4S. The fraction of sp³-hybridized carbons (Fsp3) is 0.600. The standard InChI is InChI=1S/C20H31N3O4S/c1-4-23(5-2)28(26,27)17-12-11-15(3)18(13-17)20(25)21-14-19(24)22-16-9-7-6-8-10-16/h11-13,16H,4-10,14H2,1-3H3,(H,21,25)(H,22,24). The molecule has 0 saturated heterocycles. The van der Waals surface area contributed by atoms with Crippen molar-refractivity contribution in [1.82, 2.24) is 14.9 Å². The maximum Gasteiger partial charge on any atom is 0.252 e. The molecule has 0 radical (unpaired) electrons. The molecule has 1 aromatic carbocycles. The third-order valence-electron chi connectivity index (χ3n) is 5.18. The zero-order valence-corrected chi connectivity index (χ0v) is 17.8. The lowest BCUT2D eigenvalue weighted by atomic mass is 9.95. The molecule has 1 fully saturated rings. The fourth-order valence-electron chi connectivity index (χ4n) is 3.50. The molecule has 0 aromatic heterocycles. The lowest BCUT2D eigenvalue weighted by Gasteiger charge is -2.22. The van der Waals surface area contributed by atoms with Crippen molar-refractivity contribution >= 4 is 21.8 Å². The van der Waals surface area contributed by atoms with E-state index >= 15 is 0 Å². The van der Waals surface area contributed by atoms with Gasteiger partial charge < -0.3 is 10.6 Å². The van der Waals surface area contributed by atoms with E-state index < -0.39 is 15.9 Å². The molecule has 7 nitrogen and oxygen atoms in total. The highest BCUT2D eigenvalue weighted by Gasteiger charge is 2.23. The van der Waals surface area contributed by atoms with Crippen molar-refractivity contribution in [1.29, 1.82) is 0 Å². The molecule has 1 aliphatic carbocycles. The summed E-state index contributed by atoms with van der Waals surface area (Å²) in [7, 11) is -3.65. The maximum absolute atomic E-state index is 12.7. The van der Waals surface area contributed by atoms with Crippen molar-refractivity contribution in [2.24, 2.45) is 0 Å². The summed E-state index contributed by atoms with van der Waals surface area (Å²) in [5.41, 5.74) is 0.919. The van der Waals surface area contributed by atoms with E-state index in [2.05, 4.69) is 10.6 Å². The van der Waals surface area contributed by atoms with Crippen molar-refractivity contribution in [3.05, 3.63) is 29.3 Å². The molecule has 0 bridgehead atoms. The second-order valence-corrected chi connectivity index (χ2v) is 9.09. The van der Waals surface area contributed by atoms with Gasteiger partial charge in [0.15, 0.2) is 0 Å². The number of benzene rings is 1. The molecule has 2 rings (SSSR count). The van der Waals surface area contributed by atoms with Crippen LogP contribution in [0, 0.1) is 6.92 Å². The number of rotatable bonds is 8. The van der Waals surface area contributed by atoms with E-state index in [0.717, 1.165) is 25.7 Å². The molecule has 1 aliphatic rings. The van der Waals surface area contributed by atoms with Crippen molar-refractivity contribution in [2.45, 2.75) is 63.8 Å². The van der Waals surface area contributed by atoms with Gasteiger partial charge in [-0.1, -0.05) is 39.2 Å². The van der Waals surface area contributed by atoms with Crippen LogP contribution in [0.4, 0.5) is 0 Å². The Morgan fingerprint density at radius 3 is 2.36 bits per heavy atom. The van der Waals surface area contributed by atoms with Crippen LogP contribution in [-0.2, 0) is 14.8 Å². The number of hydrogen-bond acceptors (Lipinski definition) is 4. The minimum absolute atomic E-state index is 0.0820. The van der Waals surface area contributed by atoms with Crippen LogP contribution in [0.3, 0.4) is 0 Å². The number of amides is 2. The van der Waals surface area contributed by atoms with Crippen LogP contribution in [0.5, 0.6) is 0 Å². The van der Waals surface area contributed by atoms with Gasteiger partial charge in [0.25, 0.3) is 5.91 Å². The summed E-state index contributed by atoms with van der Waals surface area (Å²) in [4.78, 5) is 24.7. The molecule has 0 heterocycles. The minimum Gasteiger partial charge on any atom is -0.352 e. The Morgan fingerprint density at radius 2 is 1.75 bits per heavy atom. The first-order valence-corrected chi connectivity index (χ1v) is 11.4. The molecule has 1 aromatic rings. The smallest absolute Gasteiger partial charge is 0.252 e. The number of hydrogen-bond donors (Lipinski definition) is 2. The summed E-state index contributed by atoms with van der Waals surface area (Å²) < 4.78 is 26.7. The molecule has 28 heavy (non-hydrogen) atoms. The van der Waals surface area contributed by atoms with Crippen LogP contribution in [0.15, 0.2) is 23.1 Å². The largest absolute Gasteiger partial charge is 0.352 e. The van der Waals surface area contributed by atoms with Crippen LogP contribution >= 0.6 is 0 Å². The molecule has 0 spiro atoms. The van der Waals surface area contributed by atoms with Crippen LogP contribution in [-0.4, -0.2) is 50.2 Å². The predicted molar refractivity (Wildman–Crippen MR) is 109 cm³/mol. The number of nitrogens with one attached hydrogen (secondary N) is 2. The highest BCUT2D eigenvalue weighted by molar-refractivity contribution is 7.89. The van der Waals surface area contributed by atoms with E-state index in [9.17, 15) is 18.0 Å². The van der Waals surface area contributed by atoms with Gasteiger partial charge in [-0.25, -0.2) is 8.42 Å². The zero-order chi connectivity index (χ0) is 20.7. The third-order valence-corrected chi connectivity index (χ3v) is 7.22. The SMILES string of the molecule is CCN(CC)S(=O)(=O)c1ccc(C)c(C(=O)NCC(=O)NC2CCCCC2)c1. The van der Waals surface area contributed by atoms with Gasteiger partial charge in [0, 0.05) is 24.7 Å². The van der Waals surface area contributed by atoms with Crippen molar-refractivity contribution < 1.29 is 18.0 Å². The Labute approximate surface area is 167 Å². The van der Waals surface area contributed by atoms with Gasteiger partial charge >= 0.3 is 0 Å². The Balaban J connectivity index is 2.05. The highest BCUT2D eigenvalue weighted by Crippen LogP contribution is 2.20. The van der Waals surface area contributed by atoms with Gasteiger partial charge in [0.05, 0.1) is 11.4 Å². The first kappa shape index (κ1) is 22.4. The van der Waals surface area contributed by atoms with E-state index in [4.69, 9.17) is 0 Å². The van der Waals surface area contributed by atoms with Gasteiger partial charge in [-0.2, -0.15) is 4.31 Å². The Bertz CT molecular complexity index is 798. The van der Waals surface area contributed by atoms with Gasteiger partial charge in [-0.05, 0) is 37.5 Å². The molecule has 0 aliphatic heterocycles. The van der Waals surface area contributed by atoms with Gasteiger partial charge in [0.2, 0.25) is 15.9 Å². The molecule has 0 atom stereocenters. The summed E-state index contributed by atoms with van der Waals surface area (Å²) in [6.45, 7) is 5.87. The summed E-state index contributed by atoms with van der Waals surface area (Å²) in [5.74, 6) is -0.669. The molecule has 0 unspecified atom stereocenters. The van der Waals surface area contributed by atoms with Gasteiger partial charge in [-0.15, -0.1) is 0 Å². The van der Waals surface area contributed by atoms with Crippen LogP contribution in [0.2, 0.25) is 0 Å². The summed E-state index contributed by atoms with van der Waals surface area (Å²) >= 11 is 0. The number of sulfonamides is 1. The lowest BCUT2D eigenvalue weighted by Crippen LogP contribution is -2.42. The first-order valence-electron chi connectivity index (χ1n) is 9.98. The second-order valence-electron chi connectivity index (χ2n) is 7.15. The number of carbonyl (C=O) groups excluding carboxylic acids is 2. The Morgan fingerprint density at radius 1 is 1.11 bits per heavy atom. The number of nitrogens with zero attached hydrogens (tertiary/aromatic N) is 1. The monoisotopic (exact) mass is 409 g/mol.